The number of carbonyl (C=O) groups is 1. The molecule has 1 saturated carbocycles. The number of aliphatic carboxylic acids is 1. The molecule has 19 heavy (non-hydrogen) atoms. The molecule has 0 atom stereocenters. The third kappa shape index (κ3) is 5.75. The molecule has 0 bridgehead atoms. The highest BCUT2D eigenvalue weighted by atomic mass is 16.5. The lowest BCUT2D eigenvalue weighted by Crippen LogP contribution is -2.04. The maximum Gasteiger partial charge on any atom is 0.329 e. The van der Waals surface area contributed by atoms with Gasteiger partial charge < -0.3 is 14.9 Å². The van der Waals surface area contributed by atoms with Gasteiger partial charge in [-0.3, -0.25) is 0 Å². The molecule has 4 heteroatoms. The number of ether oxygens (including phenoxy) is 1. The van der Waals surface area contributed by atoms with E-state index in [-0.39, 0.29) is 0 Å². The highest BCUT2D eigenvalue weighted by molar-refractivity contribution is 5.67. The van der Waals surface area contributed by atoms with Crippen LogP contribution in [-0.2, 0) is 4.79 Å². The van der Waals surface area contributed by atoms with Gasteiger partial charge in [-0.2, -0.15) is 0 Å². The summed E-state index contributed by atoms with van der Waals surface area (Å²) in [5.41, 5.74) is 1.49. The minimum Gasteiger partial charge on any atom is -0.497 e. The average molecular weight is 266 g/mol. The third-order valence-corrected chi connectivity index (χ3v) is 3.33. The number of carboxylic acids is 1. The third-order valence-electron chi connectivity index (χ3n) is 3.33. The van der Waals surface area contributed by atoms with Gasteiger partial charge in [0.25, 0.3) is 0 Å². The lowest BCUT2D eigenvalue weighted by molar-refractivity contribution is -0.140. The molecule has 0 aromatic heterocycles. The summed E-state index contributed by atoms with van der Waals surface area (Å²) in [5, 5.41) is 15.0. The van der Waals surface area contributed by atoms with Crippen LogP contribution in [0.5, 0.6) is 5.75 Å². The van der Waals surface area contributed by atoms with Crippen LogP contribution in [0.2, 0.25) is 0 Å². The number of rotatable bonds is 3. The topological polar surface area (TPSA) is 66.8 Å². The minimum atomic E-state index is -1.19. The molecule has 1 aromatic rings. The quantitative estimate of drug-likeness (QED) is 0.882. The Morgan fingerprint density at radius 1 is 1.21 bits per heavy atom. The molecule has 1 fully saturated rings. The van der Waals surface area contributed by atoms with E-state index in [0.717, 1.165) is 11.7 Å². The lowest BCUT2D eigenvalue weighted by atomic mass is 9.84. The van der Waals surface area contributed by atoms with E-state index in [2.05, 4.69) is 24.3 Å². The van der Waals surface area contributed by atoms with Gasteiger partial charge in [0.05, 0.1) is 7.11 Å². The SMILES string of the molecule is COc1ccc(C2CCCCC2)cc1.O=C(O)CO. The second-order valence-electron chi connectivity index (χ2n) is 4.66. The molecular formula is C15H22O4. The van der Waals surface area contributed by atoms with Crippen molar-refractivity contribution in [2.75, 3.05) is 13.7 Å². The van der Waals surface area contributed by atoms with Crippen molar-refractivity contribution < 1.29 is 19.7 Å². The summed E-state index contributed by atoms with van der Waals surface area (Å²) in [7, 11) is 1.72. The van der Waals surface area contributed by atoms with Crippen molar-refractivity contribution in [3.63, 3.8) is 0 Å². The lowest BCUT2D eigenvalue weighted by Gasteiger charge is -2.21. The van der Waals surface area contributed by atoms with Gasteiger partial charge in [-0.25, -0.2) is 4.79 Å². The summed E-state index contributed by atoms with van der Waals surface area (Å²) < 4.78 is 5.16. The van der Waals surface area contributed by atoms with E-state index in [1.807, 2.05) is 0 Å². The van der Waals surface area contributed by atoms with Gasteiger partial charge in [0, 0.05) is 0 Å². The van der Waals surface area contributed by atoms with Gasteiger partial charge in [-0.15, -0.1) is 0 Å². The fourth-order valence-electron chi connectivity index (χ4n) is 2.31. The van der Waals surface area contributed by atoms with Gasteiger partial charge in [0.2, 0.25) is 0 Å². The monoisotopic (exact) mass is 266 g/mol. The van der Waals surface area contributed by atoms with Crippen molar-refractivity contribution >= 4 is 5.97 Å². The van der Waals surface area contributed by atoms with Gasteiger partial charge in [0.15, 0.2) is 0 Å². The maximum absolute atomic E-state index is 9.12. The maximum atomic E-state index is 9.12. The Morgan fingerprint density at radius 2 is 1.74 bits per heavy atom. The molecule has 1 aromatic carbocycles. The number of benzene rings is 1. The average Bonchev–Trinajstić information content (AvgIpc) is 2.49. The van der Waals surface area contributed by atoms with E-state index in [0.29, 0.717) is 0 Å². The second-order valence-corrected chi connectivity index (χ2v) is 4.66. The first-order valence-corrected chi connectivity index (χ1v) is 6.64. The van der Waals surface area contributed by atoms with Crippen LogP contribution in [0, 0.1) is 0 Å². The highest BCUT2D eigenvalue weighted by Crippen LogP contribution is 2.33. The first kappa shape index (κ1) is 15.5. The van der Waals surface area contributed by atoms with Crippen LogP contribution in [0.25, 0.3) is 0 Å². The van der Waals surface area contributed by atoms with E-state index in [9.17, 15) is 0 Å². The summed E-state index contributed by atoms with van der Waals surface area (Å²) in [5.74, 6) is 0.573. The fraction of sp³-hybridized carbons (Fsp3) is 0.533. The number of methoxy groups -OCH3 is 1. The van der Waals surface area contributed by atoms with Crippen LogP contribution in [0.4, 0.5) is 0 Å². The smallest absolute Gasteiger partial charge is 0.329 e. The number of carboxylic acid groups (broad SMARTS) is 1. The van der Waals surface area contributed by atoms with Crippen molar-refractivity contribution in [2.24, 2.45) is 0 Å². The molecule has 0 spiro atoms. The Hall–Kier alpha value is -1.55. The molecule has 0 heterocycles. The molecule has 0 saturated heterocycles. The fourth-order valence-corrected chi connectivity index (χ4v) is 2.31. The summed E-state index contributed by atoms with van der Waals surface area (Å²) in [6.07, 6.45) is 6.96. The molecule has 106 valence electrons. The summed E-state index contributed by atoms with van der Waals surface area (Å²) >= 11 is 0. The first-order chi connectivity index (χ1) is 9.17. The Bertz CT molecular complexity index is 366. The molecule has 1 aliphatic rings. The first-order valence-electron chi connectivity index (χ1n) is 6.64. The summed E-state index contributed by atoms with van der Waals surface area (Å²) in [6.45, 7) is -0.778. The number of hydrogen-bond acceptors (Lipinski definition) is 3. The van der Waals surface area contributed by atoms with E-state index in [1.165, 1.54) is 37.7 Å². The van der Waals surface area contributed by atoms with Crippen molar-refractivity contribution in [1.29, 1.82) is 0 Å². The van der Waals surface area contributed by atoms with Crippen molar-refractivity contribution in [3.05, 3.63) is 29.8 Å². The van der Waals surface area contributed by atoms with Crippen LogP contribution < -0.4 is 4.74 Å². The van der Waals surface area contributed by atoms with E-state index in [1.54, 1.807) is 7.11 Å². The van der Waals surface area contributed by atoms with Crippen molar-refractivity contribution in [2.45, 2.75) is 38.0 Å². The largest absolute Gasteiger partial charge is 0.497 e. The Morgan fingerprint density at radius 3 is 2.16 bits per heavy atom. The molecular weight excluding hydrogens is 244 g/mol. The zero-order valence-corrected chi connectivity index (χ0v) is 11.3. The van der Waals surface area contributed by atoms with Gasteiger partial charge in [-0.05, 0) is 36.5 Å². The second kappa shape index (κ2) is 8.53. The Balaban J connectivity index is 0.000000312. The standard InChI is InChI=1S/C13H18O.C2H4O3/c1-14-13-9-7-12(8-10-13)11-5-3-2-4-6-11;3-1-2(4)5/h7-11H,2-6H2,1H3;3H,1H2,(H,4,5). The van der Waals surface area contributed by atoms with Gasteiger partial charge in [0.1, 0.15) is 12.4 Å². The predicted molar refractivity (Wildman–Crippen MR) is 73.5 cm³/mol. The van der Waals surface area contributed by atoms with E-state index >= 15 is 0 Å². The molecule has 2 rings (SSSR count). The normalized spacial score (nSPS) is 15.3. The van der Waals surface area contributed by atoms with E-state index in [4.69, 9.17) is 19.7 Å². The number of aliphatic hydroxyl groups is 1. The molecule has 0 radical (unpaired) electrons. The number of hydrogen-bond donors (Lipinski definition) is 2. The van der Waals surface area contributed by atoms with Crippen LogP contribution in [0.3, 0.4) is 0 Å². The molecule has 4 nitrogen and oxygen atoms in total. The molecule has 2 N–H and O–H groups in total. The zero-order valence-electron chi connectivity index (χ0n) is 11.3. The van der Waals surface area contributed by atoms with Crippen LogP contribution >= 0.6 is 0 Å². The zero-order chi connectivity index (χ0) is 14.1. The Kier molecular flexibility index (Phi) is 6.97. The molecule has 0 aliphatic heterocycles. The van der Waals surface area contributed by atoms with Crippen LogP contribution in [0.15, 0.2) is 24.3 Å². The minimum absolute atomic E-state index is 0.778. The Labute approximate surface area is 114 Å². The molecule has 0 amide bonds. The van der Waals surface area contributed by atoms with Crippen LogP contribution in [0.1, 0.15) is 43.6 Å². The summed E-state index contributed by atoms with van der Waals surface area (Å²) in [6, 6.07) is 8.58. The number of aliphatic hydroxyl groups excluding tert-OH is 1. The van der Waals surface area contributed by atoms with Gasteiger partial charge in [-0.1, -0.05) is 31.4 Å². The van der Waals surface area contributed by atoms with Crippen molar-refractivity contribution in [3.8, 4) is 5.75 Å². The van der Waals surface area contributed by atoms with Crippen molar-refractivity contribution in [1.82, 2.24) is 0 Å². The summed E-state index contributed by atoms with van der Waals surface area (Å²) in [4.78, 5) is 9.12. The molecule has 1 aliphatic carbocycles. The van der Waals surface area contributed by atoms with Crippen LogP contribution in [-0.4, -0.2) is 29.9 Å². The van der Waals surface area contributed by atoms with Gasteiger partial charge >= 0.3 is 5.97 Å². The highest BCUT2D eigenvalue weighted by Gasteiger charge is 2.14. The predicted octanol–water partition coefficient (Wildman–Crippen LogP) is 2.81. The molecule has 0 unspecified atom stereocenters. The van der Waals surface area contributed by atoms with E-state index < -0.39 is 12.6 Å².